The van der Waals surface area contributed by atoms with Crippen LogP contribution in [0.1, 0.15) is 28.8 Å². The molecule has 2 aromatic carbocycles. The number of ether oxygens (including phenoxy) is 2. The Hall–Kier alpha value is -4.07. The number of hydrogen-bond donors (Lipinski definition) is 1. The SMILES string of the molecule is Cc1ccc(-n2nc(C)c3c(C)c(CCC(=O)Nc4ccc5c(c4)OCCO5)c(=O)n(C)c32)cc1. The van der Waals surface area contributed by atoms with Crippen molar-refractivity contribution in [2.75, 3.05) is 18.5 Å². The monoisotopic (exact) mass is 472 g/mol. The zero-order chi connectivity index (χ0) is 24.7. The second-order valence-electron chi connectivity index (χ2n) is 8.91. The van der Waals surface area contributed by atoms with Gasteiger partial charge in [0.25, 0.3) is 5.56 Å². The summed E-state index contributed by atoms with van der Waals surface area (Å²) in [7, 11) is 1.76. The van der Waals surface area contributed by atoms with Gasteiger partial charge in [-0.05, 0) is 57.0 Å². The van der Waals surface area contributed by atoms with E-state index in [2.05, 4.69) is 5.32 Å². The van der Waals surface area contributed by atoms with E-state index in [1.54, 1.807) is 29.8 Å². The Morgan fingerprint density at radius 1 is 1.03 bits per heavy atom. The molecule has 0 radical (unpaired) electrons. The molecular formula is C27H28N4O4. The van der Waals surface area contributed by atoms with Gasteiger partial charge in [-0.25, -0.2) is 4.68 Å². The van der Waals surface area contributed by atoms with Crippen LogP contribution in [0.4, 0.5) is 5.69 Å². The van der Waals surface area contributed by atoms with Crippen LogP contribution in [0, 0.1) is 20.8 Å². The molecule has 0 unspecified atom stereocenters. The van der Waals surface area contributed by atoms with Gasteiger partial charge in [0.15, 0.2) is 11.5 Å². The van der Waals surface area contributed by atoms with Crippen molar-refractivity contribution in [2.24, 2.45) is 7.05 Å². The van der Waals surface area contributed by atoms with Gasteiger partial charge in [-0.1, -0.05) is 17.7 Å². The Kier molecular flexibility index (Phi) is 5.80. The number of hydrogen-bond acceptors (Lipinski definition) is 5. The van der Waals surface area contributed by atoms with E-state index in [0.29, 0.717) is 42.4 Å². The van der Waals surface area contributed by atoms with Crippen LogP contribution in [0.25, 0.3) is 16.7 Å². The van der Waals surface area contributed by atoms with E-state index in [0.717, 1.165) is 33.5 Å². The number of benzene rings is 2. The van der Waals surface area contributed by atoms with Crippen LogP contribution >= 0.6 is 0 Å². The molecule has 0 bridgehead atoms. The molecule has 2 aromatic heterocycles. The van der Waals surface area contributed by atoms with Crippen LogP contribution in [0.15, 0.2) is 47.3 Å². The van der Waals surface area contributed by atoms with Crippen molar-refractivity contribution in [3.63, 3.8) is 0 Å². The summed E-state index contributed by atoms with van der Waals surface area (Å²) in [6.07, 6.45) is 0.515. The summed E-state index contributed by atoms with van der Waals surface area (Å²) in [6, 6.07) is 13.4. The van der Waals surface area contributed by atoms with Gasteiger partial charge in [-0.2, -0.15) is 5.10 Å². The summed E-state index contributed by atoms with van der Waals surface area (Å²) in [5.74, 6) is 1.11. The predicted molar refractivity (Wildman–Crippen MR) is 135 cm³/mol. The Morgan fingerprint density at radius 2 is 1.74 bits per heavy atom. The van der Waals surface area contributed by atoms with Crippen molar-refractivity contribution < 1.29 is 14.3 Å². The summed E-state index contributed by atoms with van der Waals surface area (Å²) in [6.45, 7) is 6.91. The van der Waals surface area contributed by atoms with Gasteiger partial charge in [-0.15, -0.1) is 0 Å². The van der Waals surface area contributed by atoms with Gasteiger partial charge in [0.2, 0.25) is 5.91 Å². The minimum absolute atomic E-state index is 0.115. The van der Waals surface area contributed by atoms with Crippen molar-refractivity contribution in [1.29, 1.82) is 0 Å². The molecule has 1 aliphatic heterocycles. The molecule has 0 saturated carbocycles. The molecule has 5 rings (SSSR count). The first-order chi connectivity index (χ1) is 16.8. The molecule has 1 amide bonds. The number of pyridine rings is 1. The van der Waals surface area contributed by atoms with Gasteiger partial charge in [-0.3, -0.25) is 14.2 Å². The van der Waals surface area contributed by atoms with Crippen molar-refractivity contribution in [3.8, 4) is 17.2 Å². The fourth-order valence-corrected chi connectivity index (χ4v) is 4.62. The highest BCUT2D eigenvalue weighted by Gasteiger charge is 2.20. The molecule has 3 heterocycles. The van der Waals surface area contributed by atoms with Crippen LogP contribution < -0.4 is 20.3 Å². The lowest BCUT2D eigenvalue weighted by Crippen LogP contribution is -2.25. The number of aryl methyl sites for hydroxylation is 4. The Bertz CT molecular complexity index is 1500. The minimum atomic E-state index is -0.171. The first-order valence-electron chi connectivity index (χ1n) is 11.7. The Morgan fingerprint density at radius 3 is 2.49 bits per heavy atom. The maximum Gasteiger partial charge on any atom is 0.255 e. The van der Waals surface area contributed by atoms with E-state index in [9.17, 15) is 9.59 Å². The molecule has 0 fully saturated rings. The van der Waals surface area contributed by atoms with E-state index in [1.807, 2.05) is 49.7 Å². The van der Waals surface area contributed by atoms with Crippen molar-refractivity contribution >= 4 is 22.6 Å². The van der Waals surface area contributed by atoms with E-state index >= 15 is 0 Å². The third-order valence-corrected chi connectivity index (χ3v) is 6.45. The minimum Gasteiger partial charge on any atom is -0.486 e. The molecule has 1 aliphatic rings. The number of amides is 1. The van der Waals surface area contributed by atoms with Crippen LogP contribution in [-0.2, 0) is 18.3 Å². The standard InChI is InChI=1S/C27H28N4O4/c1-16-5-8-20(9-6-16)31-26-25(18(3)29-31)17(2)21(27(33)30(26)4)10-12-24(32)28-19-7-11-22-23(15-19)35-14-13-34-22/h5-9,11,15H,10,12-14H2,1-4H3,(H,28,32). The van der Waals surface area contributed by atoms with E-state index < -0.39 is 0 Å². The molecule has 180 valence electrons. The number of carbonyl (C=O) groups is 1. The highest BCUT2D eigenvalue weighted by atomic mass is 16.6. The lowest BCUT2D eigenvalue weighted by Gasteiger charge is -2.19. The number of fused-ring (bicyclic) bond motifs is 2. The number of rotatable bonds is 5. The van der Waals surface area contributed by atoms with Crippen molar-refractivity contribution in [1.82, 2.24) is 14.3 Å². The molecular weight excluding hydrogens is 444 g/mol. The average molecular weight is 473 g/mol. The predicted octanol–water partition coefficient (Wildman–Crippen LogP) is 3.99. The molecule has 0 atom stereocenters. The number of aromatic nitrogens is 3. The summed E-state index contributed by atoms with van der Waals surface area (Å²) >= 11 is 0. The van der Waals surface area contributed by atoms with E-state index in [1.165, 1.54) is 0 Å². The maximum atomic E-state index is 13.3. The first kappa shape index (κ1) is 22.7. The quantitative estimate of drug-likeness (QED) is 0.475. The highest BCUT2D eigenvalue weighted by Crippen LogP contribution is 2.32. The number of nitrogens with one attached hydrogen (secondary N) is 1. The second kappa shape index (κ2) is 8.94. The molecule has 0 spiro atoms. The third-order valence-electron chi connectivity index (χ3n) is 6.45. The zero-order valence-electron chi connectivity index (χ0n) is 20.3. The van der Waals surface area contributed by atoms with Gasteiger partial charge < -0.3 is 14.8 Å². The van der Waals surface area contributed by atoms with Crippen molar-refractivity contribution in [3.05, 3.63) is 75.2 Å². The van der Waals surface area contributed by atoms with Gasteiger partial charge in [0, 0.05) is 36.2 Å². The van der Waals surface area contributed by atoms with Crippen LogP contribution in [0.5, 0.6) is 11.5 Å². The third kappa shape index (κ3) is 4.16. The van der Waals surface area contributed by atoms with Gasteiger partial charge in [0.1, 0.15) is 18.9 Å². The lowest BCUT2D eigenvalue weighted by molar-refractivity contribution is -0.116. The second-order valence-corrected chi connectivity index (χ2v) is 8.91. The summed E-state index contributed by atoms with van der Waals surface area (Å²) in [5, 5.41) is 8.57. The highest BCUT2D eigenvalue weighted by molar-refractivity contribution is 5.91. The average Bonchev–Trinajstić information content (AvgIpc) is 3.20. The molecule has 8 heteroatoms. The van der Waals surface area contributed by atoms with E-state index in [-0.39, 0.29) is 17.9 Å². The molecule has 1 N–H and O–H groups in total. The summed E-state index contributed by atoms with van der Waals surface area (Å²) in [4.78, 5) is 26.0. The number of carbonyl (C=O) groups excluding carboxylic acids is 1. The first-order valence-corrected chi connectivity index (χ1v) is 11.7. The Labute approximate surface area is 203 Å². The smallest absolute Gasteiger partial charge is 0.255 e. The zero-order valence-corrected chi connectivity index (χ0v) is 20.3. The van der Waals surface area contributed by atoms with Crippen LogP contribution in [-0.4, -0.2) is 33.5 Å². The van der Waals surface area contributed by atoms with Crippen molar-refractivity contribution in [2.45, 2.75) is 33.6 Å². The molecule has 8 nitrogen and oxygen atoms in total. The van der Waals surface area contributed by atoms with E-state index in [4.69, 9.17) is 14.6 Å². The Balaban J connectivity index is 1.41. The van der Waals surface area contributed by atoms with Crippen LogP contribution in [0.2, 0.25) is 0 Å². The maximum absolute atomic E-state index is 13.3. The molecule has 4 aromatic rings. The van der Waals surface area contributed by atoms with Gasteiger partial charge >= 0.3 is 0 Å². The number of nitrogens with zero attached hydrogens (tertiary/aromatic N) is 3. The van der Waals surface area contributed by atoms with Gasteiger partial charge in [0.05, 0.1) is 11.4 Å². The topological polar surface area (TPSA) is 87.4 Å². The molecule has 35 heavy (non-hydrogen) atoms. The summed E-state index contributed by atoms with van der Waals surface area (Å²) in [5.41, 5.74) is 5.66. The normalized spacial score (nSPS) is 12.7. The fourth-order valence-electron chi connectivity index (χ4n) is 4.62. The molecule has 0 aliphatic carbocycles. The largest absolute Gasteiger partial charge is 0.486 e. The van der Waals surface area contributed by atoms with Crippen LogP contribution in [0.3, 0.4) is 0 Å². The number of anilines is 1. The fraction of sp³-hybridized carbons (Fsp3) is 0.296. The molecule has 0 saturated heterocycles. The lowest BCUT2D eigenvalue weighted by atomic mass is 10.0. The summed E-state index contributed by atoms with van der Waals surface area (Å²) < 4.78 is 14.6.